The average Bonchev–Trinajstić information content (AvgIpc) is 2.63. The lowest BCUT2D eigenvalue weighted by Crippen LogP contribution is -2.20. The lowest BCUT2D eigenvalue weighted by atomic mass is 10.0. The third-order valence-corrected chi connectivity index (χ3v) is 3.73. The first-order valence-corrected chi connectivity index (χ1v) is 7.05. The number of hydrogen-bond donors (Lipinski definition) is 1. The van der Waals surface area contributed by atoms with Crippen LogP contribution in [0.4, 0.5) is 0 Å². The average molecular weight is 272 g/mol. The molecule has 0 spiro atoms. The predicted octanol–water partition coefficient (Wildman–Crippen LogP) is 2.90. The van der Waals surface area contributed by atoms with E-state index in [-0.39, 0.29) is 6.04 Å². The Morgan fingerprint density at radius 1 is 1.20 bits per heavy atom. The highest BCUT2D eigenvalue weighted by Gasteiger charge is 2.13. The molecule has 2 rings (SSSR count). The van der Waals surface area contributed by atoms with E-state index in [0.29, 0.717) is 0 Å². The largest absolute Gasteiger partial charge is 0.306 e. The molecule has 0 radical (unpaired) electrons. The Labute approximate surface area is 121 Å². The standard InChI is InChI=1S/C16H24N4/c1-10-7-11(2)18-14(5)16(10)13(4)17-8-15-9-20(6)19-12(15)3/h7,9,13,17H,8H2,1-6H3. The van der Waals surface area contributed by atoms with Gasteiger partial charge in [-0.3, -0.25) is 9.67 Å². The maximum Gasteiger partial charge on any atom is 0.0638 e. The molecule has 4 heteroatoms. The molecule has 1 unspecified atom stereocenters. The fourth-order valence-corrected chi connectivity index (χ4v) is 2.88. The third kappa shape index (κ3) is 3.07. The zero-order valence-electron chi connectivity index (χ0n) is 13.3. The van der Waals surface area contributed by atoms with Crippen LogP contribution in [0.15, 0.2) is 12.3 Å². The van der Waals surface area contributed by atoms with Gasteiger partial charge in [0.05, 0.1) is 5.69 Å². The molecule has 1 N–H and O–H groups in total. The van der Waals surface area contributed by atoms with E-state index in [1.807, 2.05) is 25.6 Å². The minimum Gasteiger partial charge on any atom is -0.306 e. The molecule has 4 nitrogen and oxygen atoms in total. The summed E-state index contributed by atoms with van der Waals surface area (Å²) in [6.07, 6.45) is 2.07. The second kappa shape index (κ2) is 5.75. The fourth-order valence-electron chi connectivity index (χ4n) is 2.88. The smallest absolute Gasteiger partial charge is 0.0638 e. The summed E-state index contributed by atoms with van der Waals surface area (Å²) >= 11 is 0. The van der Waals surface area contributed by atoms with Gasteiger partial charge >= 0.3 is 0 Å². The van der Waals surface area contributed by atoms with Crippen molar-refractivity contribution in [1.29, 1.82) is 0 Å². The highest BCUT2D eigenvalue weighted by molar-refractivity contribution is 5.33. The summed E-state index contributed by atoms with van der Waals surface area (Å²) in [5.74, 6) is 0. The number of aryl methyl sites for hydroxylation is 5. The zero-order valence-corrected chi connectivity index (χ0v) is 13.3. The molecule has 0 aliphatic carbocycles. The van der Waals surface area contributed by atoms with Gasteiger partial charge in [-0.1, -0.05) is 0 Å². The maximum absolute atomic E-state index is 4.58. The molecule has 0 saturated heterocycles. The predicted molar refractivity (Wildman–Crippen MR) is 81.6 cm³/mol. The van der Waals surface area contributed by atoms with Crippen LogP contribution in [0, 0.1) is 27.7 Å². The van der Waals surface area contributed by atoms with Crippen LogP contribution in [-0.4, -0.2) is 14.8 Å². The van der Waals surface area contributed by atoms with Gasteiger partial charge in [0.15, 0.2) is 0 Å². The van der Waals surface area contributed by atoms with Crippen LogP contribution in [0.5, 0.6) is 0 Å². The number of rotatable bonds is 4. The van der Waals surface area contributed by atoms with Gasteiger partial charge in [0, 0.05) is 42.8 Å². The number of hydrogen-bond acceptors (Lipinski definition) is 3. The molecule has 1 atom stereocenters. The number of nitrogens with one attached hydrogen (secondary N) is 1. The van der Waals surface area contributed by atoms with E-state index >= 15 is 0 Å². The van der Waals surface area contributed by atoms with E-state index in [0.717, 1.165) is 23.6 Å². The van der Waals surface area contributed by atoms with E-state index in [1.165, 1.54) is 16.7 Å². The Kier molecular flexibility index (Phi) is 4.23. The molecular formula is C16H24N4. The molecule has 0 bridgehead atoms. The van der Waals surface area contributed by atoms with Crippen LogP contribution in [0.25, 0.3) is 0 Å². The Hall–Kier alpha value is -1.68. The van der Waals surface area contributed by atoms with Crippen molar-refractivity contribution in [2.75, 3.05) is 0 Å². The summed E-state index contributed by atoms with van der Waals surface area (Å²) in [5.41, 5.74) is 7.14. The van der Waals surface area contributed by atoms with Crippen LogP contribution in [0.1, 0.15) is 46.7 Å². The fraction of sp³-hybridized carbons (Fsp3) is 0.500. The van der Waals surface area contributed by atoms with Gasteiger partial charge in [-0.25, -0.2) is 0 Å². The quantitative estimate of drug-likeness (QED) is 0.930. The van der Waals surface area contributed by atoms with Crippen molar-refractivity contribution < 1.29 is 0 Å². The van der Waals surface area contributed by atoms with Crippen molar-refractivity contribution >= 4 is 0 Å². The Balaban J connectivity index is 2.13. The van der Waals surface area contributed by atoms with Gasteiger partial charge in [0.25, 0.3) is 0 Å². The molecule has 0 aliphatic rings. The number of pyridine rings is 1. The van der Waals surface area contributed by atoms with Crippen LogP contribution in [-0.2, 0) is 13.6 Å². The van der Waals surface area contributed by atoms with Gasteiger partial charge < -0.3 is 5.32 Å². The highest BCUT2D eigenvalue weighted by atomic mass is 15.2. The molecule has 2 heterocycles. The number of nitrogens with zero attached hydrogens (tertiary/aromatic N) is 3. The summed E-state index contributed by atoms with van der Waals surface area (Å²) in [4.78, 5) is 4.58. The van der Waals surface area contributed by atoms with Crippen molar-refractivity contribution in [3.63, 3.8) is 0 Å². The maximum atomic E-state index is 4.58. The number of aromatic nitrogens is 3. The molecular weight excluding hydrogens is 248 g/mol. The first-order valence-electron chi connectivity index (χ1n) is 7.05. The zero-order chi connectivity index (χ0) is 14.9. The van der Waals surface area contributed by atoms with Crippen molar-refractivity contribution in [2.24, 2.45) is 7.05 Å². The molecule has 0 fully saturated rings. The summed E-state index contributed by atoms with van der Waals surface area (Å²) in [6, 6.07) is 2.43. The van der Waals surface area contributed by atoms with E-state index in [9.17, 15) is 0 Å². The molecule has 2 aromatic rings. The van der Waals surface area contributed by atoms with Crippen LogP contribution in [0.3, 0.4) is 0 Å². The van der Waals surface area contributed by atoms with Crippen LogP contribution < -0.4 is 5.32 Å². The molecule has 0 amide bonds. The van der Waals surface area contributed by atoms with Gasteiger partial charge in [0.2, 0.25) is 0 Å². The topological polar surface area (TPSA) is 42.7 Å². The SMILES string of the molecule is Cc1cc(C)c(C(C)NCc2cn(C)nc2C)c(C)n1. The lowest BCUT2D eigenvalue weighted by Gasteiger charge is -2.19. The van der Waals surface area contributed by atoms with Crippen molar-refractivity contribution in [2.45, 2.75) is 47.2 Å². The van der Waals surface area contributed by atoms with E-state index in [4.69, 9.17) is 0 Å². The normalized spacial score (nSPS) is 12.7. The highest BCUT2D eigenvalue weighted by Crippen LogP contribution is 2.21. The summed E-state index contributed by atoms with van der Waals surface area (Å²) in [7, 11) is 1.96. The van der Waals surface area contributed by atoms with Crippen LogP contribution in [0.2, 0.25) is 0 Å². The van der Waals surface area contributed by atoms with Gasteiger partial charge in [0.1, 0.15) is 0 Å². The monoisotopic (exact) mass is 272 g/mol. The molecule has 2 aromatic heterocycles. The third-order valence-electron chi connectivity index (χ3n) is 3.73. The van der Waals surface area contributed by atoms with Gasteiger partial charge in [-0.15, -0.1) is 0 Å². The van der Waals surface area contributed by atoms with E-state index in [1.54, 1.807) is 0 Å². The first kappa shape index (κ1) is 14.7. The Morgan fingerprint density at radius 3 is 2.45 bits per heavy atom. The first-order chi connectivity index (χ1) is 9.38. The Morgan fingerprint density at radius 2 is 1.90 bits per heavy atom. The summed E-state index contributed by atoms with van der Waals surface area (Å²) in [6.45, 7) is 11.4. The van der Waals surface area contributed by atoms with Crippen molar-refractivity contribution in [3.05, 3.63) is 46.0 Å². The van der Waals surface area contributed by atoms with Gasteiger partial charge in [-0.2, -0.15) is 5.10 Å². The molecule has 0 aliphatic heterocycles. The Bertz CT molecular complexity index is 590. The van der Waals surface area contributed by atoms with Crippen molar-refractivity contribution in [1.82, 2.24) is 20.1 Å². The van der Waals surface area contributed by atoms with E-state index in [2.05, 4.69) is 48.4 Å². The van der Waals surface area contributed by atoms with Gasteiger partial charge in [-0.05, 0) is 51.8 Å². The van der Waals surface area contributed by atoms with Crippen LogP contribution >= 0.6 is 0 Å². The second-order valence-electron chi connectivity index (χ2n) is 5.60. The molecule has 108 valence electrons. The van der Waals surface area contributed by atoms with Crippen molar-refractivity contribution in [3.8, 4) is 0 Å². The van der Waals surface area contributed by atoms with E-state index < -0.39 is 0 Å². The molecule has 20 heavy (non-hydrogen) atoms. The summed E-state index contributed by atoms with van der Waals surface area (Å²) < 4.78 is 1.86. The molecule has 0 saturated carbocycles. The minimum absolute atomic E-state index is 0.280. The summed E-state index contributed by atoms with van der Waals surface area (Å²) in [5, 5.41) is 7.95. The molecule has 0 aromatic carbocycles. The lowest BCUT2D eigenvalue weighted by molar-refractivity contribution is 0.565. The minimum atomic E-state index is 0.280. The second-order valence-corrected chi connectivity index (χ2v) is 5.60.